The predicted octanol–water partition coefficient (Wildman–Crippen LogP) is 2.66. The Bertz CT molecular complexity index is 386. The molecular weight excluding hydrogens is 268 g/mol. The van der Waals surface area contributed by atoms with E-state index in [4.69, 9.17) is 5.11 Å². The molecule has 1 saturated heterocycles. The summed E-state index contributed by atoms with van der Waals surface area (Å²) in [4.78, 5) is 27.2. The Morgan fingerprint density at radius 2 is 1.90 bits per heavy atom. The van der Waals surface area contributed by atoms with Crippen molar-refractivity contribution in [2.45, 2.75) is 46.0 Å². The molecule has 1 heterocycles. The third kappa shape index (κ3) is 3.89. The van der Waals surface area contributed by atoms with Crippen LogP contribution in [0.5, 0.6) is 0 Å². The Morgan fingerprint density at radius 1 is 1.24 bits per heavy atom. The monoisotopic (exact) mass is 296 g/mol. The number of likely N-dealkylation sites (tertiary alicyclic amines) is 1. The van der Waals surface area contributed by atoms with Crippen LogP contribution in [0.15, 0.2) is 0 Å². The summed E-state index contributed by atoms with van der Waals surface area (Å²) in [6.45, 7) is 6.14. The summed E-state index contributed by atoms with van der Waals surface area (Å²) in [5.41, 5.74) is 0. The first-order valence-electron chi connectivity index (χ1n) is 8.29. The van der Waals surface area contributed by atoms with E-state index >= 15 is 0 Å². The smallest absolute Gasteiger partial charge is 0.320 e. The number of rotatable bonds is 4. The van der Waals surface area contributed by atoms with Crippen molar-refractivity contribution in [1.82, 2.24) is 9.80 Å². The quantitative estimate of drug-likeness (QED) is 0.867. The second-order valence-corrected chi connectivity index (χ2v) is 6.60. The highest BCUT2D eigenvalue weighted by atomic mass is 16.4. The molecule has 0 aromatic heterocycles. The molecule has 0 bridgehead atoms. The number of carbonyl (C=O) groups excluding carboxylic acids is 1. The molecule has 21 heavy (non-hydrogen) atoms. The molecule has 0 aromatic rings. The average Bonchev–Trinajstić information content (AvgIpc) is 2.51. The van der Waals surface area contributed by atoms with Gasteiger partial charge in [0.2, 0.25) is 0 Å². The van der Waals surface area contributed by atoms with Crippen LogP contribution in [0, 0.1) is 17.8 Å². The zero-order valence-electron chi connectivity index (χ0n) is 13.3. The van der Waals surface area contributed by atoms with E-state index in [-0.39, 0.29) is 6.03 Å². The molecule has 1 aliphatic carbocycles. The molecule has 3 unspecified atom stereocenters. The lowest BCUT2D eigenvalue weighted by molar-refractivity contribution is -0.141. The van der Waals surface area contributed by atoms with Gasteiger partial charge in [-0.2, -0.15) is 0 Å². The molecular formula is C16H28N2O3. The van der Waals surface area contributed by atoms with E-state index in [1.54, 1.807) is 11.8 Å². The molecule has 1 saturated carbocycles. The number of hydrogen-bond donors (Lipinski definition) is 1. The van der Waals surface area contributed by atoms with Crippen LogP contribution in [-0.4, -0.2) is 53.1 Å². The normalized spacial score (nSPS) is 26.9. The minimum Gasteiger partial charge on any atom is -0.481 e. The molecule has 3 atom stereocenters. The molecule has 2 amide bonds. The van der Waals surface area contributed by atoms with Crippen LogP contribution in [0.2, 0.25) is 0 Å². The first-order valence-corrected chi connectivity index (χ1v) is 8.29. The van der Waals surface area contributed by atoms with Crippen LogP contribution in [-0.2, 0) is 4.79 Å². The van der Waals surface area contributed by atoms with Crippen molar-refractivity contribution in [1.29, 1.82) is 0 Å². The molecule has 0 spiro atoms. The summed E-state index contributed by atoms with van der Waals surface area (Å²) in [6.07, 6.45) is 6.30. The number of carboxylic acid groups (broad SMARTS) is 1. The first kappa shape index (κ1) is 16.1. The highest BCUT2D eigenvalue weighted by Gasteiger charge is 2.34. The van der Waals surface area contributed by atoms with Crippen LogP contribution in [0.4, 0.5) is 4.79 Å². The fourth-order valence-corrected chi connectivity index (χ4v) is 3.73. The predicted molar refractivity (Wildman–Crippen MR) is 81.1 cm³/mol. The zero-order chi connectivity index (χ0) is 15.4. The fourth-order valence-electron chi connectivity index (χ4n) is 3.73. The summed E-state index contributed by atoms with van der Waals surface area (Å²) in [5.74, 6) is 0.108. The SMILES string of the molecule is CCN(CC(C)C(=O)O)C(=O)N1CCC2CCCCC2C1. The molecule has 0 aromatic carbocycles. The number of fused-ring (bicyclic) bond motifs is 1. The number of hydrogen-bond acceptors (Lipinski definition) is 2. The Hall–Kier alpha value is -1.26. The fraction of sp³-hybridized carbons (Fsp3) is 0.875. The summed E-state index contributed by atoms with van der Waals surface area (Å²) in [7, 11) is 0. The summed E-state index contributed by atoms with van der Waals surface area (Å²) in [6, 6.07) is 0.0228. The van der Waals surface area contributed by atoms with Gasteiger partial charge < -0.3 is 14.9 Å². The first-order chi connectivity index (χ1) is 10.0. The number of aliphatic carboxylic acids is 1. The van der Waals surface area contributed by atoms with Gasteiger partial charge in [0.1, 0.15) is 0 Å². The standard InChI is InChI=1S/C16H28N2O3/c1-3-17(10-12(2)15(19)20)16(21)18-9-8-13-6-4-5-7-14(13)11-18/h12-14H,3-11H2,1-2H3,(H,19,20). The lowest BCUT2D eigenvalue weighted by Gasteiger charge is -2.42. The minimum atomic E-state index is -0.841. The van der Waals surface area contributed by atoms with Gasteiger partial charge in [-0.1, -0.05) is 26.2 Å². The van der Waals surface area contributed by atoms with E-state index in [2.05, 4.69) is 0 Å². The molecule has 1 aliphatic heterocycles. The van der Waals surface area contributed by atoms with Crippen molar-refractivity contribution in [3.63, 3.8) is 0 Å². The van der Waals surface area contributed by atoms with E-state index in [0.29, 0.717) is 19.0 Å². The second kappa shape index (κ2) is 7.14. The number of urea groups is 1. The van der Waals surface area contributed by atoms with E-state index < -0.39 is 11.9 Å². The van der Waals surface area contributed by atoms with Gasteiger partial charge >= 0.3 is 12.0 Å². The van der Waals surface area contributed by atoms with E-state index in [1.165, 1.54) is 25.7 Å². The van der Waals surface area contributed by atoms with Crippen LogP contribution in [0.25, 0.3) is 0 Å². The Labute approximate surface area is 127 Å². The molecule has 2 rings (SSSR count). The minimum absolute atomic E-state index is 0.0228. The highest BCUT2D eigenvalue weighted by molar-refractivity contribution is 5.76. The van der Waals surface area contributed by atoms with E-state index in [1.807, 2.05) is 11.8 Å². The number of amides is 2. The summed E-state index contributed by atoms with van der Waals surface area (Å²) in [5, 5.41) is 9.02. The second-order valence-electron chi connectivity index (χ2n) is 6.60. The van der Waals surface area contributed by atoms with Crippen molar-refractivity contribution < 1.29 is 14.7 Å². The topological polar surface area (TPSA) is 60.9 Å². The third-order valence-corrected chi connectivity index (χ3v) is 5.13. The van der Waals surface area contributed by atoms with Gasteiger partial charge in [-0.05, 0) is 31.6 Å². The van der Waals surface area contributed by atoms with Crippen molar-refractivity contribution in [2.75, 3.05) is 26.2 Å². The lowest BCUT2D eigenvalue weighted by atomic mass is 9.75. The Morgan fingerprint density at radius 3 is 2.52 bits per heavy atom. The number of carboxylic acids is 1. The van der Waals surface area contributed by atoms with E-state index in [9.17, 15) is 9.59 Å². The van der Waals surface area contributed by atoms with Gasteiger partial charge in [0, 0.05) is 26.2 Å². The number of carbonyl (C=O) groups is 2. The van der Waals surface area contributed by atoms with Crippen LogP contribution in [0.3, 0.4) is 0 Å². The van der Waals surface area contributed by atoms with Gasteiger partial charge in [0.05, 0.1) is 5.92 Å². The molecule has 5 nitrogen and oxygen atoms in total. The maximum Gasteiger partial charge on any atom is 0.320 e. The molecule has 2 fully saturated rings. The highest BCUT2D eigenvalue weighted by Crippen LogP contribution is 2.36. The third-order valence-electron chi connectivity index (χ3n) is 5.13. The average molecular weight is 296 g/mol. The van der Waals surface area contributed by atoms with E-state index in [0.717, 1.165) is 25.4 Å². The zero-order valence-corrected chi connectivity index (χ0v) is 13.3. The van der Waals surface area contributed by atoms with Crippen molar-refractivity contribution in [3.8, 4) is 0 Å². The Kier molecular flexibility index (Phi) is 5.48. The number of piperidine rings is 1. The molecule has 1 N–H and O–H groups in total. The van der Waals surface area contributed by atoms with Gasteiger partial charge in [-0.15, -0.1) is 0 Å². The molecule has 5 heteroatoms. The molecule has 120 valence electrons. The Balaban J connectivity index is 1.93. The summed E-state index contributed by atoms with van der Waals surface area (Å²) >= 11 is 0. The van der Waals surface area contributed by atoms with Gasteiger partial charge in [0.25, 0.3) is 0 Å². The maximum absolute atomic E-state index is 12.6. The van der Waals surface area contributed by atoms with Crippen LogP contribution in [0.1, 0.15) is 46.0 Å². The van der Waals surface area contributed by atoms with Gasteiger partial charge in [-0.25, -0.2) is 4.79 Å². The van der Waals surface area contributed by atoms with Gasteiger partial charge in [-0.3, -0.25) is 4.79 Å². The van der Waals surface area contributed by atoms with Crippen molar-refractivity contribution in [2.24, 2.45) is 17.8 Å². The molecule has 0 radical (unpaired) electrons. The maximum atomic E-state index is 12.6. The van der Waals surface area contributed by atoms with Gasteiger partial charge in [0.15, 0.2) is 0 Å². The van der Waals surface area contributed by atoms with Crippen LogP contribution < -0.4 is 0 Å². The summed E-state index contributed by atoms with van der Waals surface area (Å²) < 4.78 is 0. The van der Waals surface area contributed by atoms with Crippen molar-refractivity contribution in [3.05, 3.63) is 0 Å². The number of nitrogens with zero attached hydrogens (tertiary/aromatic N) is 2. The van der Waals surface area contributed by atoms with Crippen molar-refractivity contribution >= 4 is 12.0 Å². The molecule has 2 aliphatic rings. The lowest BCUT2D eigenvalue weighted by Crippen LogP contribution is -2.51. The largest absolute Gasteiger partial charge is 0.481 e. The van der Waals surface area contributed by atoms with Crippen LogP contribution >= 0.6 is 0 Å².